The van der Waals surface area contributed by atoms with Gasteiger partial charge in [0.25, 0.3) is 0 Å². The minimum atomic E-state index is -1.57. The van der Waals surface area contributed by atoms with Crippen LogP contribution in [0, 0.1) is 0 Å². The summed E-state index contributed by atoms with van der Waals surface area (Å²) < 4.78 is 0. The molecule has 0 aliphatic rings. The maximum Gasteiger partial charge on any atom is 0.326 e. The molecule has 0 saturated carbocycles. The van der Waals surface area contributed by atoms with E-state index in [1.807, 2.05) is 0 Å². The number of thioether (sulfide) groups is 1. The van der Waals surface area contributed by atoms with Gasteiger partial charge in [-0.05, 0) is 44.2 Å². The molecule has 0 spiro atoms. The number of hydrogen-bond acceptors (Lipinski definition) is 9. The first-order valence-electron chi connectivity index (χ1n) is 11.0. The lowest BCUT2D eigenvalue weighted by Gasteiger charge is -2.24. The molecule has 14 nitrogen and oxygen atoms in total. The number of carbonyl (C=O) groups excluding carboxylic acids is 4. The van der Waals surface area contributed by atoms with E-state index in [0.717, 1.165) is 0 Å². The van der Waals surface area contributed by atoms with Crippen molar-refractivity contribution in [3.8, 4) is 0 Å². The molecule has 0 rings (SSSR count). The Bertz CT molecular complexity index is 753. The number of nitrogens with one attached hydrogen (secondary N) is 3. The van der Waals surface area contributed by atoms with E-state index in [-0.39, 0.29) is 6.42 Å². The van der Waals surface area contributed by atoms with Crippen LogP contribution < -0.4 is 33.2 Å². The first-order chi connectivity index (χ1) is 16.4. The van der Waals surface area contributed by atoms with Gasteiger partial charge in [0.1, 0.15) is 18.1 Å². The van der Waals surface area contributed by atoms with Crippen LogP contribution >= 0.6 is 11.8 Å². The Morgan fingerprint density at radius 1 is 0.829 bits per heavy atom. The highest BCUT2D eigenvalue weighted by atomic mass is 32.2. The molecule has 4 atom stereocenters. The molecule has 0 aromatic heterocycles. The molecule has 0 bridgehead atoms. The van der Waals surface area contributed by atoms with Crippen LogP contribution in [0.5, 0.6) is 0 Å². The molecule has 0 fully saturated rings. The third-order valence-electron chi connectivity index (χ3n) is 4.85. The van der Waals surface area contributed by atoms with Gasteiger partial charge in [-0.2, -0.15) is 11.8 Å². The number of carboxylic acid groups (broad SMARTS) is 2. The monoisotopic (exact) mass is 520 g/mol. The maximum absolute atomic E-state index is 12.9. The summed E-state index contributed by atoms with van der Waals surface area (Å²) in [6, 6.07) is -5.06. The van der Waals surface area contributed by atoms with Crippen LogP contribution in [0.1, 0.15) is 44.9 Å². The smallest absolute Gasteiger partial charge is 0.326 e. The zero-order valence-corrected chi connectivity index (χ0v) is 20.5. The van der Waals surface area contributed by atoms with Gasteiger partial charge in [0, 0.05) is 6.42 Å². The van der Waals surface area contributed by atoms with E-state index in [0.29, 0.717) is 31.6 Å². The molecule has 0 radical (unpaired) electrons. The number of carbonyl (C=O) groups is 6. The van der Waals surface area contributed by atoms with E-state index < -0.39 is 79.0 Å². The summed E-state index contributed by atoms with van der Waals surface area (Å²) in [6.07, 6.45) is 2.06. The van der Waals surface area contributed by atoms with Crippen molar-refractivity contribution in [3.63, 3.8) is 0 Å². The number of primary amides is 1. The largest absolute Gasteiger partial charge is 0.481 e. The summed E-state index contributed by atoms with van der Waals surface area (Å²) >= 11 is 1.41. The van der Waals surface area contributed by atoms with Gasteiger partial charge in [0.15, 0.2) is 0 Å². The van der Waals surface area contributed by atoms with Gasteiger partial charge in [-0.15, -0.1) is 0 Å². The molecule has 15 heteroatoms. The van der Waals surface area contributed by atoms with Gasteiger partial charge in [-0.3, -0.25) is 24.0 Å². The SMILES string of the molecule is CSCCC(NC(=O)C(N)CCCCN)C(=O)NC(CC(N)=O)C(=O)NC(CCC(=O)O)C(=O)O. The quantitative estimate of drug-likeness (QED) is 0.0824. The standard InChI is InChI=1S/C20H36N6O8S/c1-35-9-7-12(24-17(30)11(22)4-2-3-8-21)18(31)26-14(10-15(23)27)19(32)25-13(20(33)34)5-6-16(28)29/h11-14H,2-10,21-22H2,1H3,(H2,23,27)(H,24,30)(H,25,32)(H,26,31)(H,28,29)(H,33,34). The predicted molar refractivity (Wildman–Crippen MR) is 128 cm³/mol. The highest BCUT2D eigenvalue weighted by Gasteiger charge is 2.31. The Labute approximate surface area is 207 Å². The zero-order chi connectivity index (χ0) is 27.0. The summed E-state index contributed by atoms with van der Waals surface area (Å²) in [7, 11) is 0. The minimum Gasteiger partial charge on any atom is -0.481 e. The molecule has 0 aliphatic heterocycles. The average Bonchev–Trinajstić information content (AvgIpc) is 2.77. The van der Waals surface area contributed by atoms with Gasteiger partial charge in [0.05, 0.1) is 12.5 Å². The van der Waals surface area contributed by atoms with E-state index in [9.17, 15) is 33.9 Å². The molecule has 200 valence electrons. The summed E-state index contributed by atoms with van der Waals surface area (Å²) in [5.74, 6) is -5.63. The predicted octanol–water partition coefficient (Wildman–Crippen LogP) is -2.52. The molecule has 35 heavy (non-hydrogen) atoms. The van der Waals surface area contributed by atoms with Crippen molar-refractivity contribution >= 4 is 47.3 Å². The van der Waals surface area contributed by atoms with Crippen LogP contribution in [0.2, 0.25) is 0 Å². The van der Waals surface area contributed by atoms with Crippen molar-refractivity contribution in [2.75, 3.05) is 18.6 Å². The number of rotatable bonds is 19. The highest BCUT2D eigenvalue weighted by Crippen LogP contribution is 2.06. The number of aliphatic carboxylic acids is 2. The molecule has 0 heterocycles. The Morgan fingerprint density at radius 3 is 1.91 bits per heavy atom. The average molecular weight is 521 g/mol. The van der Waals surface area contributed by atoms with E-state index in [1.165, 1.54) is 11.8 Å². The number of carboxylic acids is 2. The van der Waals surface area contributed by atoms with Crippen molar-refractivity contribution in [1.29, 1.82) is 0 Å². The van der Waals surface area contributed by atoms with Crippen molar-refractivity contribution in [3.05, 3.63) is 0 Å². The number of amides is 4. The minimum absolute atomic E-state index is 0.190. The van der Waals surface area contributed by atoms with Gasteiger partial charge in [-0.1, -0.05) is 6.42 Å². The van der Waals surface area contributed by atoms with Crippen LogP contribution in [-0.2, 0) is 28.8 Å². The normalized spacial score (nSPS) is 14.1. The summed E-state index contributed by atoms with van der Waals surface area (Å²) in [5.41, 5.74) is 16.5. The molecule has 0 aromatic carbocycles. The lowest BCUT2D eigenvalue weighted by atomic mass is 10.1. The summed E-state index contributed by atoms with van der Waals surface area (Å²) in [4.78, 5) is 71.5. The second-order valence-corrected chi connectivity index (χ2v) is 8.78. The highest BCUT2D eigenvalue weighted by molar-refractivity contribution is 7.98. The third kappa shape index (κ3) is 14.2. The van der Waals surface area contributed by atoms with Crippen molar-refractivity contribution in [1.82, 2.24) is 16.0 Å². The maximum atomic E-state index is 12.9. The van der Waals surface area contributed by atoms with E-state index >= 15 is 0 Å². The number of unbranched alkanes of at least 4 members (excludes halogenated alkanes) is 1. The second-order valence-electron chi connectivity index (χ2n) is 7.80. The fraction of sp³-hybridized carbons (Fsp3) is 0.700. The molecule has 0 saturated heterocycles. The zero-order valence-electron chi connectivity index (χ0n) is 19.7. The number of hydrogen-bond donors (Lipinski definition) is 8. The molecule has 4 unspecified atom stereocenters. The Balaban J connectivity index is 5.41. The van der Waals surface area contributed by atoms with Crippen LogP contribution in [0.4, 0.5) is 0 Å². The van der Waals surface area contributed by atoms with E-state index in [2.05, 4.69) is 16.0 Å². The molecule has 0 aromatic rings. The van der Waals surface area contributed by atoms with Crippen LogP contribution in [0.25, 0.3) is 0 Å². The first kappa shape index (κ1) is 32.1. The van der Waals surface area contributed by atoms with Crippen LogP contribution in [0.15, 0.2) is 0 Å². The molecular formula is C20H36N6O8S. The molecule has 0 aliphatic carbocycles. The van der Waals surface area contributed by atoms with Crippen molar-refractivity contribution in [2.24, 2.45) is 17.2 Å². The third-order valence-corrected chi connectivity index (χ3v) is 5.49. The van der Waals surface area contributed by atoms with Gasteiger partial charge >= 0.3 is 11.9 Å². The molecular weight excluding hydrogens is 484 g/mol. The molecule has 4 amide bonds. The summed E-state index contributed by atoms with van der Waals surface area (Å²) in [6.45, 7) is 0.454. The fourth-order valence-corrected chi connectivity index (χ4v) is 3.37. The van der Waals surface area contributed by atoms with Crippen LogP contribution in [0.3, 0.4) is 0 Å². The first-order valence-corrected chi connectivity index (χ1v) is 12.4. The van der Waals surface area contributed by atoms with Gasteiger partial charge in [-0.25, -0.2) is 4.79 Å². The molecule has 11 N–H and O–H groups in total. The topological polar surface area (TPSA) is 257 Å². The van der Waals surface area contributed by atoms with Crippen molar-refractivity contribution in [2.45, 2.75) is 69.1 Å². The Kier molecular flexibility index (Phi) is 16.1. The number of nitrogens with two attached hydrogens (primary N) is 3. The van der Waals surface area contributed by atoms with Gasteiger partial charge in [0.2, 0.25) is 23.6 Å². The lowest BCUT2D eigenvalue weighted by Crippen LogP contribution is -2.57. The van der Waals surface area contributed by atoms with Crippen LogP contribution in [-0.4, -0.2) is 88.5 Å². The fourth-order valence-electron chi connectivity index (χ4n) is 2.90. The Morgan fingerprint density at radius 2 is 1.40 bits per heavy atom. The summed E-state index contributed by atoms with van der Waals surface area (Å²) in [5, 5.41) is 25.0. The second kappa shape index (κ2) is 17.5. The van der Waals surface area contributed by atoms with E-state index in [1.54, 1.807) is 6.26 Å². The lowest BCUT2D eigenvalue weighted by molar-refractivity contribution is -0.143. The van der Waals surface area contributed by atoms with E-state index in [4.69, 9.17) is 22.3 Å². The van der Waals surface area contributed by atoms with Crippen molar-refractivity contribution < 1.29 is 39.0 Å². The van der Waals surface area contributed by atoms with Gasteiger partial charge < -0.3 is 43.4 Å². The Hall–Kier alpha value is -2.91.